The third kappa shape index (κ3) is 2.44. The number of nitrogens with zero attached hydrogens (tertiary/aromatic N) is 1. The number of amides is 1. The highest BCUT2D eigenvalue weighted by atomic mass is 19.1. The molecular weight excluding hydrogens is 226 g/mol. The molecule has 1 atom stereocenters. The molecule has 1 amide bonds. The molecule has 1 aliphatic heterocycles. The Bertz CT molecular complexity index is 431. The van der Waals surface area contributed by atoms with Crippen LogP contribution in [-0.4, -0.2) is 26.0 Å². The molecule has 1 aliphatic rings. The van der Waals surface area contributed by atoms with Crippen molar-refractivity contribution in [2.75, 3.05) is 25.0 Å². The fraction of sp³-hybridized carbons (Fsp3) is 0.417. The predicted molar refractivity (Wildman–Crippen MR) is 60.7 cm³/mol. The SMILES string of the molecule is CN(C(=O)C1CCNC1)c1ccc(F)cc1F. The molecule has 1 aromatic carbocycles. The van der Waals surface area contributed by atoms with Gasteiger partial charge in [0.05, 0.1) is 11.6 Å². The Morgan fingerprint density at radius 2 is 2.24 bits per heavy atom. The summed E-state index contributed by atoms with van der Waals surface area (Å²) in [7, 11) is 1.51. The lowest BCUT2D eigenvalue weighted by molar-refractivity contribution is -0.121. The number of carbonyl (C=O) groups is 1. The second-order valence-electron chi connectivity index (χ2n) is 4.18. The Kier molecular flexibility index (Phi) is 3.38. The van der Waals surface area contributed by atoms with E-state index in [1.165, 1.54) is 18.0 Å². The van der Waals surface area contributed by atoms with Gasteiger partial charge >= 0.3 is 0 Å². The van der Waals surface area contributed by atoms with Gasteiger partial charge in [-0.25, -0.2) is 8.78 Å². The zero-order valence-corrected chi connectivity index (χ0v) is 9.54. The number of halogens is 2. The molecule has 3 nitrogen and oxygen atoms in total. The second kappa shape index (κ2) is 4.79. The van der Waals surface area contributed by atoms with Crippen molar-refractivity contribution in [2.45, 2.75) is 6.42 Å². The molecule has 0 bridgehead atoms. The van der Waals surface area contributed by atoms with E-state index in [1.807, 2.05) is 0 Å². The second-order valence-corrected chi connectivity index (χ2v) is 4.18. The van der Waals surface area contributed by atoms with Gasteiger partial charge in [-0.3, -0.25) is 4.79 Å². The quantitative estimate of drug-likeness (QED) is 0.850. The highest BCUT2D eigenvalue weighted by Crippen LogP contribution is 2.22. The average Bonchev–Trinajstić information content (AvgIpc) is 2.80. The molecule has 0 aromatic heterocycles. The van der Waals surface area contributed by atoms with E-state index in [0.717, 1.165) is 25.1 Å². The molecule has 0 spiro atoms. The van der Waals surface area contributed by atoms with Crippen LogP contribution in [0, 0.1) is 17.6 Å². The van der Waals surface area contributed by atoms with Crippen molar-refractivity contribution < 1.29 is 13.6 Å². The van der Waals surface area contributed by atoms with Crippen LogP contribution in [0.3, 0.4) is 0 Å². The van der Waals surface area contributed by atoms with E-state index in [4.69, 9.17) is 0 Å². The predicted octanol–water partition coefficient (Wildman–Crippen LogP) is 1.54. The van der Waals surface area contributed by atoms with Crippen LogP contribution in [0.4, 0.5) is 14.5 Å². The van der Waals surface area contributed by atoms with Crippen LogP contribution in [0.2, 0.25) is 0 Å². The number of hydrogen-bond acceptors (Lipinski definition) is 2. The van der Waals surface area contributed by atoms with Crippen molar-refractivity contribution in [3.63, 3.8) is 0 Å². The van der Waals surface area contributed by atoms with Crippen LogP contribution in [-0.2, 0) is 4.79 Å². The Labute approximate surface area is 98.4 Å². The van der Waals surface area contributed by atoms with Crippen molar-refractivity contribution in [3.05, 3.63) is 29.8 Å². The summed E-state index contributed by atoms with van der Waals surface area (Å²) >= 11 is 0. The molecule has 17 heavy (non-hydrogen) atoms. The van der Waals surface area contributed by atoms with Crippen molar-refractivity contribution in [3.8, 4) is 0 Å². The highest BCUT2D eigenvalue weighted by Gasteiger charge is 2.27. The van der Waals surface area contributed by atoms with Crippen LogP contribution < -0.4 is 10.2 Å². The third-order valence-electron chi connectivity index (χ3n) is 3.01. The minimum Gasteiger partial charge on any atom is -0.316 e. The lowest BCUT2D eigenvalue weighted by Crippen LogP contribution is -2.34. The Balaban J connectivity index is 2.18. The van der Waals surface area contributed by atoms with Crippen molar-refractivity contribution >= 4 is 11.6 Å². The molecule has 1 unspecified atom stereocenters. The fourth-order valence-electron chi connectivity index (χ4n) is 2.01. The third-order valence-corrected chi connectivity index (χ3v) is 3.01. The summed E-state index contributed by atoms with van der Waals surface area (Å²) < 4.78 is 26.3. The molecule has 1 fully saturated rings. The van der Waals surface area contributed by atoms with Crippen LogP contribution >= 0.6 is 0 Å². The number of benzene rings is 1. The van der Waals surface area contributed by atoms with Gasteiger partial charge in [0.1, 0.15) is 11.6 Å². The smallest absolute Gasteiger partial charge is 0.231 e. The van der Waals surface area contributed by atoms with E-state index in [0.29, 0.717) is 6.54 Å². The van der Waals surface area contributed by atoms with Crippen molar-refractivity contribution in [1.29, 1.82) is 0 Å². The minimum atomic E-state index is -0.716. The topological polar surface area (TPSA) is 32.3 Å². The summed E-state index contributed by atoms with van der Waals surface area (Å²) in [5.41, 5.74) is 0.114. The van der Waals surface area contributed by atoms with Gasteiger partial charge in [0.2, 0.25) is 5.91 Å². The van der Waals surface area contributed by atoms with E-state index < -0.39 is 11.6 Å². The summed E-state index contributed by atoms with van der Waals surface area (Å²) in [6, 6.07) is 3.21. The van der Waals surface area contributed by atoms with Gasteiger partial charge in [0.25, 0.3) is 0 Å². The molecule has 92 valence electrons. The lowest BCUT2D eigenvalue weighted by Gasteiger charge is -2.21. The van der Waals surface area contributed by atoms with Gasteiger partial charge in [-0.1, -0.05) is 0 Å². The van der Waals surface area contributed by atoms with Gasteiger partial charge in [0.15, 0.2) is 0 Å². The largest absolute Gasteiger partial charge is 0.316 e. The zero-order valence-electron chi connectivity index (χ0n) is 9.54. The molecule has 1 saturated heterocycles. The van der Waals surface area contributed by atoms with Gasteiger partial charge in [0, 0.05) is 19.7 Å². The first-order valence-corrected chi connectivity index (χ1v) is 5.53. The standard InChI is InChI=1S/C12H14F2N2O/c1-16(12(17)8-4-5-15-7-8)11-3-2-9(13)6-10(11)14/h2-3,6,8,15H,4-5,7H2,1H3. The summed E-state index contributed by atoms with van der Waals surface area (Å²) in [5.74, 6) is -1.62. The minimum absolute atomic E-state index is 0.114. The van der Waals surface area contributed by atoms with Crippen molar-refractivity contribution in [1.82, 2.24) is 5.32 Å². The molecule has 1 heterocycles. The molecule has 2 rings (SSSR count). The summed E-state index contributed by atoms with van der Waals surface area (Å²) in [4.78, 5) is 13.3. The fourth-order valence-corrected chi connectivity index (χ4v) is 2.01. The van der Waals surface area contributed by atoms with Gasteiger partial charge < -0.3 is 10.2 Å². The number of nitrogens with one attached hydrogen (secondary N) is 1. The first kappa shape index (κ1) is 12.0. The first-order valence-electron chi connectivity index (χ1n) is 5.53. The maximum Gasteiger partial charge on any atom is 0.231 e. The van der Waals surface area contributed by atoms with Crippen LogP contribution in [0.1, 0.15) is 6.42 Å². The monoisotopic (exact) mass is 240 g/mol. The van der Waals surface area contributed by atoms with Crippen LogP contribution in [0.5, 0.6) is 0 Å². The summed E-state index contributed by atoms with van der Waals surface area (Å²) in [5, 5.41) is 3.08. The molecular formula is C12H14F2N2O. The highest BCUT2D eigenvalue weighted by molar-refractivity contribution is 5.94. The number of carbonyl (C=O) groups excluding carboxylic acids is 1. The maximum absolute atomic E-state index is 13.5. The molecule has 0 aliphatic carbocycles. The van der Waals surface area contributed by atoms with Crippen molar-refractivity contribution in [2.24, 2.45) is 5.92 Å². The zero-order chi connectivity index (χ0) is 12.4. The van der Waals surface area contributed by atoms with E-state index in [-0.39, 0.29) is 17.5 Å². The Hall–Kier alpha value is -1.49. The Morgan fingerprint density at radius 3 is 2.82 bits per heavy atom. The molecule has 0 radical (unpaired) electrons. The number of anilines is 1. The van der Waals surface area contributed by atoms with E-state index in [1.54, 1.807) is 0 Å². The first-order chi connectivity index (χ1) is 8.09. The summed E-state index contributed by atoms with van der Waals surface area (Å²) in [6.45, 7) is 1.42. The maximum atomic E-state index is 13.5. The van der Waals surface area contributed by atoms with E-state index in [2.05, 4.69) is 5.32 Å². The average molecular weight is 240 g/mol. The van der Waals surface area contributed by atoms with Crippen LogP contribution in [0.15, 0.2) is 18.2 Å². The number of rotatable bonds is 2. The van der Waals surface area contributed by atoms with E-state index in [9.17, 15) is 13.6 Å². The summed E-state index contributed by atoms with van der Waals surface area (Å²) in [6.07, 6.45) is 0.756. The van der Waals surface area contributed by atoms with Gasteiger partial charge in [-0.2, -0.15) is 0 Å². The number of hydrogen-bond donors (Lipinski definition) is 1. The normalized spacial score (nSPS) is 19.4. The van der Waals surface area contributed by atoms with Crippen LogP contribution in [0.25, 0.3) is 0 Å². The Morgan fingerprint density at radius 1 is 1.47 bits per heavy atom. The van der Waals surface area contributed by atoms with E-state index >= 15 is 0 Å². The molecule has 5 heteroatoms. The molecule has 1 aromatic rings. The molecule has 0 saturated carbocycles. The molecule has 1 N–H and O–H groups in total. The van der Waals surface area contributed by atoms with Gasteiger partial charge in [-0.15, -0.1) is 0 Å². The lowest BCUT2D eigenvalue weighted by atomic mass is 10.1. The van der Waals surface area contributed by atoms with Gasteiger partial charge in [-0.05, 0) is 25.1 Å².